The Hall–Kier alpha value is -0.850. The predicted molar refractivity (Wildman–Crippen MR) is 92.5 cm³/mol. The van der Waals surface area contributed by atoms with E-state index in [2.05, 4.69) is 27.8 Å². The van der Waals surface area contributed by atoms with Crippen molar-refractivity contribution in [3.8, 4) is 10.7 Å². The number of aliphatic hydroxyl groups is 1. The first kappa shape index (κ1) is 16.0. The van der Waals surface area contributed by atoms with E-state index < -0.39 is 0 Å². The second-order valence-corrected chi connectivity index (χ2v) is 8.07. The molecule has 0 saturated heterocycles. The summed E-state index contributed by atoms with van der Waals surface area (Å²) in [5.41, 5.74) is 1.52. The molecule has 0 aromatic carbocycles. The number of hydrogen-bond donors (Lipinski definition) is 1. The molecule has 22 heavy (non-hydrogen) atoms. The van der Waals surface area contributed by atoms with Crippen LogP contribution in [-0.4, -0.2) is 32.2 Å². The quantitative estimate of drug-likeness (QED) is 0.647. The largest absolute Gasteiger partial charge is 0.396 e. The van der Waals surface area contributed by atoms with Gasteiger partial charge in [0.05, 0.1) is 4.88 Å². The Morgan fingerprint density at radius 3 is 3.09 bits per heavy atom. The maximum Gasteiger partial charge on any atom is 0.191 e. The SMILES string of the molecule is CCC1CCc2sc(-c3nnc(SCCCO)n3C)cc2C1. The second-order valence-electron chi connectivity index (χ2n) is 5.87. The number of aliphatic hydroxyl groups excluding tert-OH is 1. The molecule has 1 aliphatic rings. The minimum absolute atomic E-state index is 0.230. The van der Waals surface area contributed by atoms with Gasteiger partial charge in [0.2, 0.25) is 0 Å². The van der Waals surface area contributed by atoms with Crippen LogP contribution in [0.3, 0.4) is 0 Å². The van der Waals surface area contributed by atoms with Gasteiger partial charge in [-0.2, -0.15) is 0 Å². The average molecular weight is 338 g/mol. The summed E-state index contributed by atoms with van der Waals surface area (Å²) < 4.78 is 2.08. The topological polar surface area (TPSA) is 50.9 Å². The Morgan fingerprint density at radius 2 is 2.32 bits per heavy atom. The van der Waals surface area contributed by atoms with E-state index in [-0.39, 0.29) is 6.61 Å². The molecule has 1 aliphatic carbocycles. The molecule has 0 amide bonds. The van der Waals surface area contributed by atoms with Crippen molar-refractivity contribution in [2.45, 2.75) is 44.2 Å². The van der Waals surface area contributed by atoms with Gasteiger partial charge in [0.15, 0.2) is 11.0 Å². The van der Waals surface area contributed by atoms with Crippen molar-refractivity contribution in [2.75, 3.05) is 12.4 Å². The van der Waals surface area contributed by atoms with Gasteiger partial charge in [-0.3, -0.25) is 0 Å². The highest BCUT2D eigenvalue weighted by atomic mass is 32.2. The third-order valence-electron chi connectivity index (χ3n) is 4.35. The molecule has 0 aliphatic heterocycles. The van der Waals surface area contributed by atoms with Crippen LogP contribution in [0.4, 0.5) is 0 Å². The van der Waals surface area contributed by atoms with Crippen LogP contribution >= 0.6 is 23.1 Å². The van der Waals surface area contributed by atoms with Crippen molar-refractivity contribution >= 4 is 23.1 Å². The Balaban J connectivity index is 1.79. The lowest BCUT2D eigenvalue weighted by Gasteiger charge is -2.19. The van der Waals surface area contributed by atoms with Crippen LogP contribution in [0.15, 0.2) is 11.2 Å². The van der Waals surface area contributed by atoms with E-state index in [0.717, 1.165) is 29.1 Å². The molecule has 2 aromatic rings. The van der Waals surface area contributed by atoms with Gasteiger partial charge in [0.1, 0.15) is 0 Å². The monoisotopic (exact) mass is 337 g/mol. The predicted octanol–water partition coefficient (Wildman–Crippen LogP) is 3.53. The lowest BCUT2D eigenvalue weighted by Crippen LogP contribution is -2.10. The first-order chi connectivity index (χ1) is 10.7. The van der Waals surface area contributed by atoms with Gasteiger partial charge in [-0.15, -0.1) is 21.5 Å². The molecule has 0 spiro atoms. The van der Waals surface area contributed by atoms with Crippen molar-refractivity contribution in [3.05, 3.63) is 16.5 Å². The molecule has 120 valence electrons. The van der Waals surface area contributed by atoms with Crippen molar-refractivity contribution < 1.29 is 5.11 Å². The van der Waals surface area contributed by atoms with Gasteiger partial charge in [-0.1, -0.05) is 25.1 Å². The minimum Gasteiger partial charge on any atom is -0.396 e. The fourth-order valence-corrected chi connectivity index (χ4v) is 5.00. The summed E-state index contributed by atoms with van der Waals surface area (Å²) in [7, 11) is 2.03. The standard InChI is InChI=1S/C16H23N3OS2/c1-3-11-5-6-13-12(9-11)10-14(22-13)15-17-18-16(19(15)2)21-8-4-7-20/h10-11,20H,3-9H2,1-2H3. The van der Waals surface area contributed by atoms with Crippen LogP contribution in [0.1, 0.15) is 36.6 Å². The van der Waals surface area contributed by atoms with Crippen molar-refractivity contribution in [2.24, 2.45) is 13.0 Å². The summed E-state index contributed by atoms with van der Waals surface area (Å²) in [4.78, 5) is 2.78. The maximum absolute atomic E-state index is 8.88. The summed E-state index contributed by atoms with van der Waals surface area (Å²) >= 11 is 3.54. The van der Waals surface area contributed by atoms with Gasteiger partial charge in [-0.05, 0) is 43.2 Å². The molecule has 0 fully saturated rings. The van der Waals surface area contributed by atoms with Crippen LogP contribution in [0, 0.1) is 5.92 Å². The fraction of sp³-hybridized carbons (Fsp3) is 0.625. The third kappa shape index (κ3) is 3.24. The molecule has 6 heteroatoms. The molecule has 1 unspecified atom stereocenters. The van der Waals surface area contributed by atoms with E-state index in [1.807, 2.05) is 18.4 Å². The maximum atomic E-state index is 8.88. The van der Waals surface area contributed by atoms with E-state index >= 15 is 0 Å². The number of aryl methyl sites for hydroxylation is 1. The molecule has 1 N–H and O–H groups in total. The molecule has 0 saturated carbocycles. The highest BCUT2D eigenvalue weighted by molar-refractivity contribution is 7.99. The molecule has 3 rings (SSSR count). The minimum atomic E-state index is 0.230. The zero-order valence-corrected chi connectivity index (χ0v) is 14.8. The Bertz CT molecular complexity index is 635. The molecule has 1 atom stereocenters. The Morgan fingerprint density at radius 1 is 1.45 bits per heavy atom. The molecule has 0 radical (unpaired) electrons. The summed E-state index contributed by atoms with van der Waals surface area (Å²) in [5, 5.41) is 18.5. The number of fused-ring (bicyclic) bond motifs is 1. The normalized spacial score (nSPS) is 17.7. The van der Waals surface area contributed by atoms with Crippen LogP contribution in [-0.2, 0) is 19.9 Å². The van der Waals surface area contributed by atoms with Gasteiger partial charge >= 0.3 is 0 Å². The number of aromatic nitrogens is 3. The highest BCUT2D eigenvalue weighted by Gasteiger charge is 2.22. The number of hydrogen-bond acceptors (Lipinski definition) is 5. The lowest BCUT2D eigenvalue weighted by molar-refractivity contribution is 0.296. The molecular weight excluding hydrogens is 314 g/mol. The summed E-state index contributed by atoms with van der Waals surface area (Å²) in [6.07, 6.45) is 5.83. The number of thioether (sulfide) groups is 1. The molecule has 0 bridgehead atoms. The van der Waals surface area contributed by atoms with Gasteiger partial charge < -0.3 is 9.67 Å². The fourth-order valence-electron chi connectivity index (χ4n) is 2.94. The van der Waals surface area contributed by atoms with Gasteiger partial charge in [0, 0.05) is 24.3 Å². The van der Waals surface area contributed by atoms with Crippen molar-refractivity contribution in [1.29, 1.82) is 0 Å². The second kappa shape index (κ2) is 7.15. The number of nitrogens with zero attached hydrogens (tertiary/aromatic N) is 3. The first-order valence-corrected chi connectivity index (χ1v) is 9.78. The average Bonchev–Trinajstić information content (AvgIpc) is 3.10. The van der Waals surface area contributed by atoms with Crippen molar-refractivity contribution in [3.63, 3.8) is 0 Å². The van der Waals surface area contributed by atoms with Crippen molar-refractivity contribution in [1.82, 2.24) is 14.8 Å². The van der Waals surface area contributed by atoms with Gasteiger partial charge in [-0.25, -0.2) is 0 Å². The highest BCUT2D eigenvalue weighted by Crippen LogP contribution is 2.37. The molecule has 4 nitrogen and oxygen atoms in total. The summed E-state index contributed by atoms with van der Waals surface area (Å²) in [6.45, 7) is 2.52. The zero-order valence-electron chi connectivity index (χ0n) is 13.2. The van der Waals surface area contributed by atoms with E-state index in [0.29, 0.717) is 0 Å². The van der Waals surface area contributed by atoms with E-state index in [1.54, 1.807) is 11.8 Å². The van der Waals surface area contributed by atoms with Crippen LogP contribution in [0.25, 0.3) is 10.7 Å². The smallest absolute Gasteiger partial charge is 0.191 e. The van der Waals surface area contributed by atoms with Crippen LogP contribution < -0.4 is 0 Å². The molecule has 2 heterocycles. The Kier molecular flexibility index (Phi) is 5.21. The van der Waals surface area contributed by atoms with Gasteiger partial charge in [0.25, 0.3) is 0 Å². The van der Waals surface area contributed by atoms with Crippen LogP contribution in [0.5, 0.6) is 0 Å². The molecule has 2 aromatic heterocycles. The van der Waals surface area contributed by atoms with E-state index in [4.69, 9.17) is 5.11 Å². The first-order valence-electron chi connectivity index (χ1n) is 7.98. The third-order valence-corrected chi connectivity index (χ3v) is 6.69. The summed E-state index contributed by atoms with van der Waals surface area (Å²) in [6, 6.07) is 2.33. The van der Waals surface area contributed by atoms with Crippen LogP contribution in [0.2, 0.25) is 0 Å². The van der Waals surface area contributed by atoms with E-state index in [9.17, 15) is 0 Å². The Labute approximate surface area is 140 Å². The lowest BCUT2D eigenvalue weighted by atomic mass is 9.87. The summed E-state index contributed by atoms with van der Waals surface area (Å²) in [5.74, 6) is 2.69. The zero-order chi connectivity index (χ0) is 15.5. The van der Waals surface area contributed by atoms with E-state index in [1.165, 1.54) is 41.0 Å². The number of thiophene rings is 1. The molecular formula is C16H23N3OS2. The number of rotatable bonds is 6.